The quantitative estimate of drug-likeness (QED) is 0.355. The van der Waals surface area contributed by atoms with Gasteiger partial charge in [-0.3, -0.25) is 0 Å². The Kier molecular flexibility index (Phi) is 7.97. The summed E-state index contributed by atoms with van der Waals surface area (Å²) in [6.45, 7) is 3.57. The number of hydrogen-bond acceptors (Lipinski definition) is 2. The molecule has 0 unspecified atom stereocenters. The first-order valence-corrected chi connectivity index (χ1v) is 10.9. The molecule has 0 radical (unpaired) electrons. The van der Waals surface area contributed by atoms with Gasteiger partial charge in [0.25, 0.3) is 5.92 Å². The third-order valence-corrected chi connectivity index (χ3v) is 6.39. The summed E-state index contributed by atoms with van der Waals surface area (Å²) in [4.78, 5) is 0. The predicted octanol–water partition coefficient (Wildman–Crippen LogP) is 6.52. The Morgan fingerprint density at radius 1 is 0.966 bits per heavy atom. The molecule has 0 bridgehead atoms. The van der Waals surface area contributed by atoms with Gasteiger partial charge in [-0.05, 0) is 49.8 Å². The van der Waals surface area contributed by atoms with Crippen LogP contribution in [0.3, 0.4) is 0 Å². The SMILES string of the molecule is CCCCCC1COC(C2CCC(C(F)(F)Cc3ccc(F)c(F)c3)CC2)OC1. The van der Waals surface area contributed by atoms with Crippen molar-refractivity contribution in [2.24, 2.45) is 17.8 Å². The molecular formula is C23H32F4O2. The maximum atomic E-state index is 14.7. The van der Waals surface area contributed by atoms with Crippen LogP contribution in [0.1, 0.15) is 63.9 Å². The fourth-order valence-electron chi connectivity index (χ4n) is 4.56. The first kappa shape index (κ1) is 22.5. The van der Waals surface area contributed by atoms with E-state index in [4.69, 9.17) is 9.47 Å². The number of unbranched alkanes of at least 4 members (excludes halogenated alkanes) is 2. The van der Waals surface area contributed by atoms with E-state index in [0.29, 0.717) is 44.8 Å². The van der Waals surface area contributed by atoms with Crippen LogP contribution in [-0.2, 0) is 15.9 Å². The third kappa shape index (κ3) is 6.17. The highest BCUT2D eigenvalue weighted by atomic mass is 19.3. The Morgan fingerprint density at radius 3 is 2.28 bits per heavy atom. The largest absolute Gasteiger partial charge is 0.352 e. The minimum Gasteiger partial charge on any atom is -0.352 e. The fourth-order valence-corrected chi connectivity index (χ4v) is 4.56. The molecule has 1 aliphatic heterocycles. The zero-order valence-corrected chi connectivity index (χ0v) is 17.1. The van der Waals surface area contributed by atoms with Gasteiger partial charge in [0.2, 0.25) is 0 Å². The molecule has 1 heterocycles. The summed E-state index contributed by atoms with van der Waals surface area (Å²) in [5.41, 5.74) is 0.129. The van der Waals surface area contributed by atoms with E-state index in [1.54, 1.807) is 0 Å². The van der Waals surface area contributed by atoms with Crippen molar-refractivity contribution < 1.29 is 27.0 Å². The topological polar surface area (TPSA) is 18.5 Å². The molecule has 3 rings (SSSR count). The predicted molar refractivity (Wildman–Crippen MR) is 104 cm³/mol. The highest BCUT2D eigenvalue weighted by molar-refractivity contribution is 5.19. The maximum absolute atomic E-state index is 14.7. The second-order valence-electron chi connectivity index (χ2n) is 8.69. The van der Waals surface area contributed by atoms with Crippen molar-refractivity contribution >= 4 is 0 Å². The smallest absolute Gasteiger partial charge is 0.254 e. The van der Waals surface area contributed by atoms with Gasteiger partial charge in [-0.25, -0.2) is 17.6 Å². The zero-order chi connectivity index (χ0) is 20.9. The Bertz CT molecular complexity index is 636. The van der Waals surface area contributed by atoms with E-state index in [1.807, 2.05) is 0 Å². The molecule has 1 saturated carbocycles. The summed E-state index contributed by atoms with van der Waals surface area (Å²) < 4.78 is 67.6. The van der Waals surface area contributed by atoms with Crippen LogP contribution in [0.4, 0.5) is 17.6 Å². The van der Waals surface area contributed by atoms with E-state index in [-0.39, 0.29) is 17.8 Å². The van der Waals surface area contributed by atoms with Crippen LogP contribution in [0, 0.1) is 29.4 Å². The molecule has 0 atom stereocenters. The molecule has 2 fully saturated rings. The van der Waals surface area contributed by atoms with Gasteiger partial charge < -0.3 is 9.47 Å². The molecule has 0 aromatic heterocycles. The summed E-state index contributed by atoms with van der Waals surface area (Å²) in [5, 5.41) is 0. The molecule has 2 nitrogen and oxygen atoms in total. The average molecular weight is 416 g/mol. The van der Waals surface area contributed by atoms with Crippen molar-refractivity contribution in [3.05, 3.63) is 35.4 Å². The van der Waals surface area contributed by atoms with E-state index in [2.05, 4.69) is 6.92 Å². The molecule has 0 N–H and O–H groups in total. The lowest BCUT2D eigenvalue weighted by atomic mass is 9.77. The number of ether oxygens (including phenoxy) is 2. The molecular weight excluding hydrogens is 384 g/mol. The molecule has 1 saturated heterocycles. The standard InChI is InChI=1S/C23H32F4O2/c1-2-3-4-5-17-14-28-22(29-15-17)18-7-9-19(10-8-18)23(26,27)13-16-6-11-20(24)21(25)12-16/h6,11-12,17-19,22H,2-5,7-10,13-15H2,1H3. The molecule has 0 amide bonds. The number of hydrogen-bond donors (Lipinski definition) is 0. The van der Waals surface area contributed by atoms with Crippen LogP contribution in [0.5, 0.6) is 0 Å². The Labute approximate surface area is 171 Å². The van der Waals surface area contributed by atoms with Crippen LogP contribution in [-0.4, -0.2) is 25.4 Å². The first-order chi connectivity index (χ1) is 13.9. The van der Waals surface area contributed by atoms with Crippen molar-refractivity contribution in [3.8, 4) is 0 Å². The van der Waals surface area contributed by atoms with Gasteiger partial charge >= 0.3 is 0 Å². The molecule has 0 spiro atoms. The minimum absolute atomic E-state index is 0.129. The number of halogens is 4. The minimum atomic E-state index is -2.94. The Hall–Kier alpha value is -1.14. The van der Waals surface area contributed by atoms with E-state index in [1.165, 1.54) is 25.3 Å². The van der Waals surface area contributed by atoms with Crippen LogP contribution < -0.4 is 0 Å². The summed E-state index contributed by atoms with van der Waals surface area (Å²) in [7, 11) is 0. The molecule has 29 heavy (non-hydrogen) atoms. The number of benzene rings is 1. The number of alkyl halides is 2. The van der Waals surface area contributed by atoms with Gasteiger partial charge in [0.15, 0.2) is 17.9 Å². The lowest BCUT2D eigenvalue weighted by Crippen LogP contribution is -2.41. The summed E-state index contributed by atoms with van der Waals surface area (Å²) in [5.74, 6) is -5.19. The van der Waals surface area contributed by atoms with Crippen molar-refractivity contribution in [2.45, 2.75) is 76.9 Å². The zero-order valence-electron chi connectivity index (χ0n) is 17.1. The van der Waals surface area contributed by atoms with Crippen molar-refractivity contribution in [1.29, 1.82) is 0 Å². The summed E-state index contributed by atoms with van der Waals surface area (Å²) in [6, 6.07) is 3.01. The average Bonchev–Trinajstić information content (AvgIpc) is 2.71. The normalized spacial score (nSPS) is 28.4. The van der Waals surface area contributed by atoms with Crippen LogP contribution in [0.15, 0.2) is 18.2 Å². The van der Waals surface area contributed by atoms with Gasteiger partial charge in [-0.15, -0.1) is 0 Å². The van der Waals surface area contributed by atoms with E-state index < -0.39 is 29.9 Å². The van der Waals surface area contributed by atoms with Gasteiger partial charge in [0.1, 0.15) is 0 Å². The first-order valence-electron chi connectivity index (χ1n) is 10.9. The fraction of sp³-hybridized carbons (Fsp3) is 0.739. The lowest BCUT2D eigenvalue weighted by molar-refractivity contribution is -0.232. The van der Waals surface area contributed by atoms with Crippen molar-refractivity contribution in [1.82, 2.24) is 0 Å². The Morgan fingerprint density at radius 2 is 1.66 bits per heavy atom. The van der Waals surface area contributed by atoms with Gasteiger partial charge in [0.05, 0.1) is 13.2 Å². The molecule has 164 valence electrons. The molecule has 6 heteroatoms. The monoisotopic (exact) mass is 416 g/mol. The number of rotatable bonds is 8. The Balaban J connectivity index is 1.44. The van der Waals surface area contributed by atoms with Crippen LogP contribution in [0.2, 0.25) is 0 Å². The maximum Gasteiger partial charge on any atom is 0.254 e. The van der Waals surface area contributed by atoms with Crippen molar-refractivity contribution in [3.63, 3.8) is 0 Å². The third-order valence-electron chi connectivity index (χ3n) is 6.39. The van der Waals surface area contributed by atoms with Crippen LogP contribution in [0.25, 0.3) is 0 Å². The molecule has 2 aliphatic rings. The van der Waals surface area contributed by atoms with Crippen LogP contribution >= 0.6 is 0 Å². The van der Waals surface area contributed by atoms with Gasteiger partial charge in [-0.2, -0.15) is 0 Å². The molecule has 1 aliphatic carbocycles. The second kappa shape index (κ2) is 10.3. The second-order valence-corrected chi connectivity index (χ2v) is 8.69. The van der Waals surface area contributed by atoms with E-state index >= 15 is 0 Å². The highest BCUT2D eigenvalue weighted by Gasteiger charge is 2.43. The highest BCUT2D eigenvalue weighted by Crippen LogP contribution is 2.42. The summed E-state index contributed by atoms with van der Waals surface area (Å²) in [6.07, 6.45) is 5.96. The lowest BCUT2D eigenvalue weighted by Gasteiger charge is -2.39. The van der Waals surface area contributed by atoms with E-state index in [9.17, 15) is 17.6 Å². The molecule has 1 aromatic rings. The summed E-state index contributed by atoms with van der Waals surface area (Å²) >= 11 is 0. The van der Waals surface area contributed by atoms with E-state index in [0.717, 1.165) is 18.6 Å². The van der Waals surface area contributed by atoms with Crippen molar-refractivity contribution in [2.75, 3.05) is 13.2 Å². The molecule has 1 aromatic carbocycles. The van der Waals surface area contributed by atoms with Gasteiger partial charge in [-0.1, -0.05) is 32.3 Å². The van der Waals surface area contributed by atoms with Gasteiger partial charge in [0, 0.05) is 24.2 Å².